The zero-order valence-electron chi connectivity index (χ0n) is 14.2. The normalized spacial score (nSPS) is 16.0. The quantitative estimate of drug-likeness (QED) is 0.491. The Labute approximate surface area is 136 Å². The predicted molar refractivity (Wildman–Crippen MR) is 98.7 cm³/mol. The molecule has 1 aliphatic carbocycles. The van der Waals surface area contributed by atoms with Gasteiger partial charge >= 0.3 is 0 Å². The van der Waals surface area contributed by atoms with Crippen LogP contribution >= 0.6 is 0 Å². The van der Waals surface area contributed by atoms with Crippen LogP contribution in [0.15, 0.2) is 47.6 Å². The van der Waals surface area contributed by atoms with E-state index in [9.17, 15) is 4.79 Å². The summed E-state index contributed by atoms with van der Waals surface area (Å²) in [6.45, 7) is 7.06. The maximum Gasteiger partial charge on any atom is 0.181 e. The SMILES string of the molecule is C[Si](C)(C)CC(C(=O)/C=C/c1ccccc1)=C1CCCCC1. The Morgan fingerprint density at radius 1 is 1.05 bits per heavy atom. The van der Waals surface area contributed by atoms with Crippen molar-refractivity contribution in [1.82, 2.24) is 0 Å². The van der Waals surface area contributed by atoms with E-state index in [0.717, 1.165) is 30.0 Å². The lowest BCUT2D eigenvalue weighted by molar-refractivity contribution is -0.111. The van der Waals surface area contributed by atoms with Crippen molar-refractivity contribution >= 4 is 19.9 Å². The van der Waals surface area contributed by atoms with Crippen molar-refractivity contribution in [2.75, 3.05) is 0 Å². The molecule has 0 radical (unpaired) electrons. The Balaban J connectivity index is 2.21. The number of carbonyl (C=O) groups is 1. The zero-order chi connectivity index (χ0) is 16.0. The number of hydrogen-bond donors (Lipinski definition) is 0. The fourth-order valence-corrected chi connectivity index (χ4v) is 4.52. The highest BCUT2D eigenvalue weighted by Gasteiger charge is 2.22. The summed E-state index contributed by atoms with van der Waals surface area (Å²) >= 11 is 0. The first-order valence-corrected chi connectivity index (χ1v) is 12.1. The van der Waals surface area contributed by atoms with Crippen molar-refractivity contribution in [1.29, 1.82) is 0 Å². The van der Waals surface area contributed by atoms with E-state index in [1.165, 1.54) is 24.8 Å². The molecule has 0 saturated heterocycles. The molecule has 0 N–H and O–H groups in total. The zero-order valence-corrected chi connectivity index (χ0v) is 15.2. The fraction of sp³-hybridized carbons (Fsp3) is 0.450. The van der Waals surface area contributed by atoms with Gasteiger partial charge in [0, 0.05) is 8.07 Å². The van der Waals surface area contributed by atoms with Gasteiger partial charge in [-0.15, -0.1) is 0 Å². The number of ketones is 1. The van der Waals surface area contributed by atoms with Crippen molar-refractivity contribution in [3.8, 4) is 0 Å². The minimum atomic E-state index is -1.29. The van der Waals surface area contributed by atoms with Crippen LogP contribution in [0.5, 0.6) is 0 Å². The molecule has 1 fully saturated rings. The average Bonchev–Trinajstić information content (AvgIpc) is 2.51. The highest BCUT2D eigenvalue weighted by molar-refractivity contribution is 6.77. The molecule has 0 atom stereocenters. The number of hydrogen-bond acceptors (Lipinski definition) is 1. The summed E-state index contributed by atoms with van der Waals surface area (Å²) in [6.07, 6.45) is 9.82. The van der Waals surface area contributed by atoms with Crippen LogP contribution in [0.1, 0.15) is 37.7 Å². The van der Waals surface area contributed by atoms with Crippen LogP contribution in [0, 0.1) is 0 Å². The molecule has 1 aromatic carbocycles. The Morgan fingerprint density at radius 2 is 1.68 bits per heavy atom. The molecule has 0 heterocycles. The van der Waals surface area contributed by atoms with Crippen LogP contribution in [0.25, 0.3) is 6.08 Å². The minimum absolute atomic E-state index is 0.239. The van der Waals surface area contributed by atoms with E-state index in [0.29, 0.717) is 0 Å². The summed E-state index contributed by atoms with van der Waals surface area (Å²) in [5.41, 5.74) is 3.67. The first kappa shape index (κ1) is 16.9. The summed E-state index contributed by atoms with van der Waals surface area (Å²) in [7, 11) is -1.29. The molecule has 0 unspecified atom stereocenters. The lowest BCUT2D eigenvalue weighted by atomic mass is 9.90. The van der Waals surface area contributed by atoms with Gasteiger partial charge in [-0.05, 0) is 48.9 Å². The van der Waals surface area contributed by atoms with Gasteiger partial charge in [0.2, 0.25) is 0 Å². The van der Waals surface area contributed by atoms with Crippen LogP contribution in [0.3, 0.4) is 0 Å². The standard InChI is InChI=1S/C20H28OSi/c1-22(2,3)16-19(18-12-8-5-9-13-18)20(21)15-14-17-10-6-4-7-11-17/h4,6-7,10-11,14-15H,5,8-9,12-13,16H2,1-3H3/b15-14+. The largest absolute Gasteiger partial charge is 0.290 e. The van der Waals surface area contributed by atoms with Crippen LogP contribution in [-0.2, 0) is 4.79 Å². The van der Waals surface area contributed by atoms with Crippen molar-refractivity contribution in [2.24, 2.45) is 0 Å². The topological polar surface area (TPSA) is 17.1 Å². The second-order valence-electron chi connectivity index (χ2n) is 7.49. The third-order valence-corrected chi connectivity index (χ3v) is 5.53. The lowest BCUT2D eigenvalue weighted by Crippen LogP contribution is -2.23. The highest BCUT2D eigenvalue weighted by atomic mass is 28.3. The van der Waals surface area contributed by atoms with Crippen molar-refractivity contribution in [2.45, 2.75) is 57.8 Å². The van der Waals surface area contributed by atoms with E-state index in [-0.39, 0.29) is 5.78 Å². The first-order valence-electron chi connectivity index (χ1n) is 8.44. The summed E-state index contributed by atoms with van der Waals surface area (Å²) < 4.78 is 0. The number of rotatable bonds is 5. The molecule has 118 valence electrons. The van der Waals surface area contributed by atoms with Gasteiger partial charge < -0.3 is 0 Å². The Morgan fingerprint density at radius 3 is 2.27 bits per heavy atom. The van der Waals surface area contributed by atoms with E-state index in [2.05, 4.69) is 19.6 Å². The Hall–Kier alpha value is -1.41. The van der Waals surface area contributed by atoms with E-state index >= 15 is 0 Å². The van der Waals surface area contributed by atoms with Crippen LogP contribution in [0.4, 0.5) is 0 Å². The average molecular weight is 313 g/mol. The molecule has 0 aliphatic heterocycles. The molecule has 2 heteroatoms. The first-order chi connectivity index (χ1) is 10.5. The molecule has 22 heavy (non-hydrogen) atoms. The molecule has 0 aromatic heterocycles. The molecule has 0 spiro atoms. The maximum atomic E-state index is 12.8. The van der Waals surface area contributed by atoms with E-state index in [4.69, 9.17) is 0 Å². The summed E-state index contributed by atoms with van der Waals surface area (Å²) in [5, 5.41) is 0. The van der Waals surface area contributed by atoms with Crippen molar-refractivity contribution < 1.29 is 4.79 Å². The Bertz CT molecular complexity index is 553. The summed E-state index contributed by atoms with van der Waals surface area (Å²) in [6, 6.07) is 11.1. The van der Waals surface area contributed by atoms with Gasteiger partial charge in [-0.2, -0.15) is 0 Å². The fourth-order valence-electron chi connectivity index (χ4n) is 3.03. The third-order valence-electron chi connectivity index (χ3n) is 4.12. The molecule has 1 nitrogen and oxygen atoms in total. The van der Waals surface area contributed by atoms with Crippen molar-refractivity contribution in [3.63, 3.8) is 0 Å². The highest BCUT2D eigenvalue weighted by Crippen LogP contribution is 2.30. The molecule has 0 amide bonds. The molecular formula is C20H28OSi. The number of allylic oxidation sites excluding steroid dienone is 3. The molecular weight excluding hydrogens is 284 g/mol. The van der Waals surface area contributed by atoms with Gasteiger partial charge in [-0.3, -0.25) is 4.79 Å². The third kappa shape index (κ3) is 5.41. The second kappa shape index (κ2) is 7.73. The number of benzene rings is 1. The lowest BCUT2D eigenvalue weighted by Gasteiger charge is -2.23. The summed E-state index contributed by atoms with van der Waals surface area (Å²) in [4.78, 5) is 12.8. The van der Waals surface area contributed by atoms with E-state index in [1.807, 2.05) is 36.4 Å². The minimum Gasteiger partial charge on any atom is -0.290 e. The maximum absolute atomic E-state index is 12.8. The van der Waals surface area contributed by atoms with E-state index in [1.54, 1.807) is 6.08 Å². The Kier molecular flexibility index (Phi) is 5.96. The smallest absolute Gasteiger partial charge is 0.181 e. The number of carbonyl (C=O) groups excluding carboxylic acids is 1. The van der Waals surface area contributed by atoms with Crippen molar-refractivity contribution in [3.05, 3.63) is 53.1 Å². The van der Waals surface area contributed by atoms with Crippen LogP contribution < -0.4 is 0 Å². The van der Waals surface area contributed by atoms with Gasteiger partial charge in [-0.1, -0.05) is 68.0 Å². The monoisotopic (exact) mass is 312 g/mol. The van der Waals surface area contributed by atoms with Gasteiger partial charge in [0.15, 0.2) is 5.78 Å². The molecule has 0 bridgehead atoms. The van der Waals surface area contributed by atoms with E-state index < -0.39 is 8.07 Å². The second-order valence-corrected chi connectivity index (χ2v) is 13.0. The summed E-state index contributed by atoms with van der Waals surface area (Å²) in [5.74, 6) is 0.239. The van der Waals surface area contributed by atoms with Gasteiger partial charge in [0.05, 0.1) is 0 Å². The molecule has 1 aliphatic rings. The molecule has 2 rings (SSSR count). The van der Waals surface area contributed by atoms with Gasteiger partial charge in [0.1, 0.15) is 0 Å². The molecule has 1 saturated carbocycles. The van der Waals surface area contributed by atoms with Gasteiger partial charge in [0.25, 0.3) is 0 Å². The van der Waals surface area contributed by atoms with Crippen LogP contribution in [0.2, 0.25) is 25.7 Å². The van der Waals surface area contributed by atoms with Gasteiger partial charge in [-0.25, -0.2) is 0 Å². The predicted octanol–water partition coefficient (Wildman–Crippen LogP) is 5.87. The molecule has 1 aromatic rings. The van der Waals surface area contributed by atoms with Crippen LogP contribution in [-0.4, -0.2) is 13.9 Å².